The monoisotopic (exact) mass is 214 g/mol. The molecule has 0 radical (unpaired) electrons. The first-order valence-corrected chi connectivity index (χ1v) is 4.71. The minimum Gasteiger partial charge on any atom is -1.00 e. The highest BCUT2D eigenvalue weighted by molar-refractivity contribution is 5.16. The van der Waals surface area contributed by atoms with Crippen molar-refractivity contribution in [3.63, 3.8) is 0 Å². The van der Waals surface area contributed by atoms with Crippen molar-refractivity contribution in [1.29, 1.82) is 0 Å². The van der Waals surface area contributed by atoms with E-state index >= 15 is 0 Å². The van der Waals surface area contributed by atoms with Crippen molar-refractivity contribution < 1.29 is 16.9 Å². The Bertz CT molecular complexity index is 259. The fourth-order valence-electron chi connectivity index (χ4n) is 1.25. The van der Waals surface area contributed by atoms with Gasteiger partial charge in [0.1, 0.15) is 0 Å². The first-order valence-electron chi connectivity index (χ1n) is 4.71. The predicted molar refractivity (Wildman–Crippen MR) is 56.0 cm³/mol. The first kappa shape index (κ1) is 13.4. The van der Waals surface area contributed by atoms with Gasteiger partial charge in [0.2, 0.25) is 0 Å². The summed E-state index contributed by atoms with van der Waals surface area (Å²) in [6, 6.07) is 10.2. The van der Waals surface area contributed by atoms with E-state index in [0.717, 1.165) is 11.0 Å². The number of hydrogen-bond acceptors (Lipinski definition) is 1. The number of benzene rings is 1. The Morgan fingerprint density at radius 3 is 2.14 bits per heavy atom. The van der Waals surface area contributed by atoms with Gasteiger partial charge in [-0.1, -0.05) is 30.3 Å². The lowest BCUT2D eigenvalue weighted by molar-refractivity contribution is -0.919. The van der Waals surface area contributed by atoms with Gasteiger partial charge in [0.25, 0.3) is 0 Å². The Morgan fingerprint density at radius 1 is 1.21 bits per heavy atom. The number of rotatable bonds is 3. The third kappa shape index (κ3) is 2.98. The summed E-state index contributed by atoms with van der Waals surface area (Å²) < 4.78 is 0.823. The second-order valence-electron chi connectivity index (χ2n) is 3.95. The van der Waals surface area contributed by atoms with Crippen LogP contribution < -0.4 is 18.1 Å². The van der Waals surface area contributed by atoms with Gasteiger partial charge in [-0.15, -0.1) is 0 Å². The zero-order chi connectivity index (χ0) is 9.90. The quantitative estimate of drug-likeness (QED) is 0.494. The lowest BCUT2D eigenvalue weighted by atomic mass is 10.1. The second-order valence-corrected chi connectivity index (χ2v) is 3.95. The van der Waals surface area contributed by atoms with Crippen molar-refractivity contribution in [3.05, 3.63) is 35.9 Å². The maximum absolute atomic E-state index is 6.16. The van der Waals surface area contributed by atoms with E-state index in [2.05, 4.69) is 33.2 Å². The normalized spacial score (nSPS) is 13.1. The van der Waals surface area contributed by atoms with Gasteiger partial charge in [-0.2, -0.15) is 0 Å². The fourth-order valence-corrected chi connectivity index (χ4v) is 1.25. The number of nitrogens with two attached hydrogens (primary N) is 1. The Labute approximate surface area is 92.7 Å². The molecule has 0 bridgehead atoms. The maximum atomic E-state index is 6.16. The lowest BCUT2D eigenvalue weighted by Gasteiger charge is -2.34. The predicted octanol–water partition coefficient (Wildman–Crippen LogP) is -1.26. The summed E-state index contributed by atoms with van der Waals surface area (Å²) in [6.45, 7) is 3.19. The number of nitrogens with zero attached hydrogens (tertiary/aromatic N) is 1. The van der Waals surface area contributed by atoms with E-state index in [1.54, 1.807) is 0 Å². The second kappa shape index (κ2) is 5.35. The van der Waals surface area contributed by atoms with Gasteiger partial charge in [0.05, 0.1) is 20.6 Å². The van der Waals surface area contributed by atoms with E-state index in [4.69, 9.17) is 5.73 Å². The largest absolute Gasteiger partial charge is 1.00 e. The SMILES string of the molecule is CC[N+](C)(C)C(N)c1ccccc1.[Cl-]. The Balaban J connectivity index is 0.00000169. The molecule has 14 heavy (non-hydrogen) atoms. The minimum atomic E-state index is 0. The molecule has 0 heterocycles. The van der Waals surface area contributed by atoms with Crippen LogP contribution >= 0.6 is 0 Å². The van der Waals surface area contributed by atoms with Crippen LogP contribution in [-0.4, -0.2) is 25.1 Å². The van der Waals surface area contributed by atoms with Gasteiger partial charge in [-0.05, 0) is 6.92 Å². The van der Waals surface area contributed by atoms with Crippen LogP contribution in [0.3, 0.4) is 0 Å². The van der Waals surface area contributed by atoms with Crippen molar-refractivity contribution in [2.45, 2.75) is 13.1 Å². The molecule has 2 N–H and O–H groups in total. The topological polar surface area (TPSA) is 26.0 Å². The van der Waals surface area contributed by atoms with Crippen LogP contribution in [0.15, 0.2) is 30.3 Å². The average Bonchev–Trinajstić information content (AvgIpc) is 2.18. The van der Waals surface area contributed by atoms with E-state index in [-0.39, 0.29) is 18.6 Å². The smallest absolute Gasteiger partial charge is 0.166 e. The third-order valence-corrected chi connectivity index (χ3v) is 2.71. The molecule has 0 saturated heterocycles. The third-order valence-electron chi connectivity index (χ3n) is 2.71. The van der Waals surface area contributed by atoms with Crippen LogP contribution in [0.5, 0.6) is 0 Å². The van der Waals surface area contributed by atoms with E-state index < -0.39 is 0 Å². The summed E-state index contributed by atoms with van der Waals surface area (Å²) >= 11 is 0. The molecule has 1 aromatic rings. The maximum Gasteiger partial charge on any atom is 0.166 e. The molecular weight excluding hydrogens is 196 g/mol. The van der Waals surface area contributed by atoms with Crippen LogP contribution in [0.1, 0.15) is 18.7 Å². The highest BCUT2D eigenvalue weighted by Gasteiger charge is 2.23. The van der Waals surface area contributed by atoms with Crippen LogP contribution in [0, 0.1) is 0 Å². The number of quaternary nitrogens is 1. The Kier molecular flexibility index (Phi) is 5.13. The van der Waals surface area contributed by atoms with Gasteiger partial charge in [0, 0.05) is 5.56 Å². The van der Waals surface area contributed by atoms with Gasteiger partial charge in [-0.25, -0.2) is 0 Å². The molecule has 2 nitrogen and oxygen atoms in total. The Hall–Kier alpha value is -0.570. The molecule has 0 amide bonds. The molecule has 1 atom stereocenters. The van der Waals surface area contributed by atoms with E-state index in [1.165, 1.54) is 5.56 Å². The molecule has 3 heteroatoms. The molecule has 0 aliphatic carbocycles. The molecule has 80 valence electrons. The van der Waals surface area contributed by atoms with Gasteiger partial charge in [0.15, 0.2) is 6.17 Å². The van der Waals surface area contributed by atoms with Crippen LogP contribution in [0.4, 0.5) is 0 Å². The van der Waals surface area contributed by atoms with E-state index in [0.29, 0.717) is 0 Å². The molecule has 0 aliphatic rings. The zero-order valence-electron chi connectivity index (χ0n) is 9.07. The summed E-state index contributed by atoms with van der Waals surface area (Å²) in [4.78, 5) is 0. The van der Waals surface area contributed by atoms with Gasteiger partial charge < -0.3 is 16.9 Å². The molecule has 0 fully saturated rings. The molecular formula is C11H19ClN2. The summed E-state index contributed by atoms with van der Waals surface area (Å²) in [5.41, 5.74) is 7.36. The van der Waals surface area contributed by atoms with Crippen LogP contribution in [0.25, 0.3) is 0 Å². The number of halogens is 1. The molecule has 0 saturated carbocycles. The molecule has 1 rings (SSSR count). The van der Waals surface area contributed by atoms with Crippen molar-refractivity contribution >= 4 is 0 Å². The van der Waals surface area contributed by atoms with Crippen molar-refractivity contribution in [2.75, 3.05) is 20.6 Å². The fraction of sp³-hybridized carbons (Fsp3) is 0.455. The Morgan fingerprint density at radius 2 is 1.71 bits per heavy atom. The van der Waals surface area contributed by atoms with E-state index in [1.807, 2.05) is 18.2 Å². The van der Waals surface area contributed by atoms with Gasteiger partial charge >= 0.3 is 0 Å². The molecule has 1 unspecified atom stereocenters. The molecule has 0 aromatic heterocycles. The molecule has 0 spiro atoms. The van der Waals surface area contributed by atoms with Crippen molar-refractivity contribution in [2.24, 2.45) is 5.73 Å². The zero-order valence-corrected chi connectivity index (χ0v) is 9.83. The first-order chi connectivity index (χ1) is 6.08. The van der Waals surface area contributed by atoms with Crippen LogP contribution in [0.2, 0.25) is 0 Å². The van der Waals surface area contributed by atoms with Crippen LogP contribution in [-0.2, 0) is 0 Å². The molecule has 1 aromatic carbocycles. The standard InChI is InChI=1S/C11H19N2.ClH/c1-4-13(2,3)11(12)10-8-6-5-7-9-10;/h5-9,11H,4,12H2,1-3H3;1H/q+1;/p-1. The summed E-state index contributed by atoms with van der Waals surface area (Å²) in [7, 11) is 4.30. The summed E-state index contributed by atoms with van der Waals surface area (Å²) in [6.07, 6.45) is 0.0752. The van der Waals surface area contributed by atoms with E-state index in [9.17, 15) is 0 Å². The summed E-state index contributed by atoms with van der Waals surface area (Å²) in [5, 5.41) is 0. The molecule has 0 aliphatic heterocycles. The minimum absolute atomic E-state index is 0. The highest BCUT2D eigenvalue weighted by atomic mass is 35.5. The summed E-state index contributed by atoms with van der Waals surface area (Å²) in [5.74, 6) is 0. The number of hydrogen-bond donors (Lipinski definition) is 1. The lowest BCUT2D eigenvalue weighted by Crippen LogP contribution is -3.00. The van der Waals surface area contributed by atoms with Crippen molar-refractivity contribution in [3.8, 4) is 0 Å². The van der Waals surface area contributed by atoms with Crippen molar-refractivity contribution in [1.82, 2.24) is 0 Å². The van der Waals surface area contributed by atoms with Gasteiger partial charge in [-0.3, -0.25) is 5.73 Å². The highest BCUT2D eigenvalue weighted by Crippen LogP contribution is 2.18. The average molecular weight is 215 g/mol.